The van der Waals surface area contributed by atoms with Crippen LogP contribution in [0.3, 0.4) is 0 Å². The van der Waals surface area contributed by atoms with Crippen molar-refractivity contribution >= 4 is 45.4 Å². The van der Waals surface area contributed by atoms with E-state index in [0.29, 0.717) is 22.7 Å². The van der Waals surface area contributed by atoms with Crippen LogP contribution in [-0.2, 0) is 0 Å². The third-order valence-corrected chi connectivity index (χ3v) is 5.30. The highest BCUT2D eigenvalue weighted by molar-refractivity contribution is 6.31. The molecule has 0 spiro atoms. The molecule has 2 aliphatic heterocycles. The van der Waals surface area contributed by atoms with E-state index < -0.39 is 0 Å². The maximum Gasteiger partial charge on any atom is 0.222 e. The molecule has 23 heavy (non-hydrogen) atoms. The van der Waals surface area contributed by atoms with Crippen molar-refractivity contribution in [1.29, 1.82) is 0 Å². The molecule has 7 heteroatoms. The molecule has 5 rings (SSSR count). The fraction of sp³-hybridized carbons (Fsp3) is 0.375. The maximum atomic E-state index is 6.12. The highest BCUT2D eigenvalue weighted by Gasteiger charge is 2.43. The van der Waals surface area contributed by atoms with Gasteiger partial charge >= 0.3 is 0 Å². The number of hydrogen-bond donors (Lipinski definition) is 1. The van der Waals surface area contributed by atoms with Gasteiger partial charge in [0.05, 0.1) is 0 Å². The summed E-state index contributed by atoms with van der Waals surface area (Å²) >= 11 is 6.12. The summed E-state index contributed by atoms with van der Waals surface area (Å²) in [5, 5.41) is 1.53. The molecule has 2 saturated heterocycles. The first-order chi connectivity index (χ1) is 11.1. The number of aromatic nitrogens is 2. The van der Waals surface area contributed by atoms with E-state index in [4.69, 9.17) is 21.8 Å². The first kappa shape index (κ1) is 13.4. The van der Waals surface area contributed by atoms with E-state index in [-0.39, 0.29) is 5.95 Å². The second-order valence-electron chi connectivity index (χ2n) is 6.46. The molecule has 0 saturated carbocycles. The van der Waals surface area contributed by atoms with Gasteiger partial charge < -0.3 is 15.1 Å². The second kappa shape index (κ2) is 4.49. The van der Waals surface area contributed by atoms with Crippen LogP contribution in [0, 0.1) is 0 Å². The van der Waals surface area contributed by atoms with Gasteiger partial charge in [0.25, 0.3) is 0 Å². The van der Waals surface area contributed by atoms with Gasteiger partial charge in [-0.15, -0.1) is 0 Å². The number of fused-ring (bicyclic) bond motifs is 5. The van der Waals surface area contributed by atoms with Crippen molar-refractivity contribution < 1.29 is 4.42 Å². The third kappa shape index (κ3) is 1.85. The van der Waals surface area contributed by atoms with Gasteiger partial charge in [0.1, 0.15) is 11.1 Å². The minimum atomic E-state index is 0.270. The molecule has 6 nitrogen and oxygen atoms in total. The predicted octanol–water partition coefficient (Wildman–Crippen LogP) is 2.50. The molecule has 2 N–H and O–H groups in total. The molecular weight excluding hydrogens is 314 g/mol. The van der Waals surface area contributed by atoms with Crippen LogP contribution in [0.4, 0.5) is 11.8 Å². The van der Waals surface area contributed by atoms with Crippen LogP contribution in [0.2, 0.25) is 5.02 Å². The Bertz CT molecular complexity index is 937. The van der Waals surface area contributed by atoms with Crippen molar-refractivity contribution in [3.63, 3.8) is 0 Å². The highest BCUT2D eigenvalue weighted by Crippen LogP contribution is 2.39. The smallest absolute Gasteiger partial charge is 0.222 e. The lowest BCUT2D eigenvalue weighted by molar-refractivity contribution is 0.292. The maximum absolute atomic E-state index is 6.12. The highest BCUT2D eigenvalue weighted by atomic mass is 35.5. The lowest BCUT2D eigenvalue weighted by atomic mass is 10.2. The normalized spacial score (nSPS) is 24.3. The number of benzene rings is 1. The molecule has 2 aromatic heterocycles. The van der Waals surface area contributed by atoms with Crippen molar-refractivity contribution in [2.45, 2.75) is 18.5 Å². The number of rotatable bonds is 1. The molecule has 0 radical (unpaired) electrons. The quantitative estimate of drug-likeness (QED) is 0.739. The summed E-state index contributed by atoms with van der Waals surface area (Å²) in [6, 6.07) is 6.58. The monoisotopic (exact) mass is 329 g/mol. The van der Waals surface area contributed by atoms with Crippen LogP contribution in [0.1, 0.15) is 6.42 Å². The Morgan fingerprint density at radius 1 is 1.26 bits per heavy atom. The Hall–Kier alpha value is -2.05. The number of anilines is 2. The lowest BCUT2D eigenvalue weighted by Gasteiger charge is -2.32. The zero-order chi connectivity index (χ0) is 15.7. The molecule has 3 aromatic rings. The van der Waals surface area contributed by atoms with E-state index in [9.17, 15) is 0 Å². The summed E-state index contributed by atoms with van der Waals surface area (Å²) in [5.41, 5.74) is 8.17. The first-order valence-corrected chi connectivity index (χ1v) is 8.10. The van der Waals surface area contributed by atoms with Gasteiger partial charge in [-0.1, -0.05) is 11.6 Å². The molecule has 2 bridgehead atoms. The molecule has 1 unspecified atom stereocenters. The zero-order valence-electron chi connectivity index (χ0n) is 12.7. The number of halogens is 1. The van der Waals surface area contributed by atoms with Crippen LogP contribution in [-0.4, -0.2) is 47.1 Å². The van der Waals surface area contributed by atoms with Crippen LogP contribution in [0.25, 0.3) is 22.1 Å². The zero-order valence-corrected chi connectivity index (χ0v) is 13.4. The van der Waals surface area contributed by atoms with Gasteiger partial charge in [-0.25, -0.2) is 4.98 Å². The standard InChI is InChI=1S/C16H16ClN5O/c1-21-6-10-5-9(21)7-22(10)15-14-13(19-16(18)20-15)11-4-8(17)2-3-12(11)23-14/h2-4,9-10H,5-7H2,1H3,(H2,18,19,20)/t9-,10?/m1/s1. The molecule has 0 aliphatic carbocycles. The summed E-state index contributed by atoms with van der Waals surface area (Å²) < 4.78 is 6.05. The first-order valence-electron chi connectivity index (χ1n) is 7.72. The van der Waals surface area contributed by atoms with E-state index in [1.54, 1.807) is 0 Å². The number of nitrogens with two attached hydrogens (primary N) is 1. The molecule has 2 atom stereocenters. The topological polar surface area (TPSA) is 71.4 Å². The molecule has 1 aromatic carbocycles. The van der Waals surface area contributed by atoms with Crippen molar-refractivity contribution in [2.24, 2.45) is 0 Å². The number of likely N-dealkylation sites (tertiary alicyclic amines) is 1. The average Bonchev–Trinajstić information content (AvgIpc) is 3.18. The van der Waals surface area contributed by atoms with Gasteiger partial charge in [-0.3, -0.25) is 4.90 Å². The van der Waals surface area contributed by atoms with Gasteiger partial charge in [0.2, 0.25) is 5.95 Å². The lowest BCUT2D eigenvalue weighted by Crippen LogP contribution is -2.45. The van der Waals surface area contributed by atoms with Crippen LogP contribution >= 0.6 is 11.6 Å². The van der Waals surface area contributed by atoms with Gasteiger partial charge in [0.15, 0.2) is 11.4 Å². The fourth-order valence-corrected chi connectivity index (χ4v) is 4.11. The minimum absolute atomic E-state index is 0.270. The second-order valence-corrected chi connectivity index (χ2v) is 6.90. The van der Waals surface area contributed by atoms with Gasteiger partial charge in [0, 0.05) is 35.6 Å². The SMILES string of the molecule is CN1CC2C[C@@H]1CN2c1nc(N)nc2c1oc1ccc(Cl)cc12. The Morgan fingerprint density at radius 2 is 2.13 bits per heavy atom. The molecule has 2 aliphatic rings. The van der Waals surface area contributed by atoms with E-state index in [0.717, 1.165) is 41.8 Å². The molecular formula is C16H16ClN5O. The molecule has 118 valence electrons. The van der Waals surface area contributed by atoms with E-state index in [2.05, 4.69) is 26.8 Å². The summed E-state index contributed by atoms with van der Waals surface area (Å²) in [6.45, 7) is 1.99. The number of likely N-dealkylation sites (N-methyl/N-ethyl adjacent to an activating group) is 1. The Morgan fingerprint density at radius 3 is 2.87 bits per heavy atom. The molecule has 2 fully saturated rings. The van der Waals surface area contributed by atoms with Crippen molar-refractivity contribution in [3.8, 4) is 0 Å². The van der Waals surface area contributed by atoms with Crippen molar-refractivity contribution in [2.75, 3.05) is 30.8 Å². The van der Waals surface area contributed by atoms with Crippen molar-refractivity contribution in [3.05, 3.63) is 23.2 Å². The third-order valence-electron chi connectivity index (χ3n) is 5.06. The number of furan rings is 1. The Balaban J connectivity index is 1.74. The Kier molecular flexibility index (Phi) is 2.61. The number of hydrogen-bond acceptors (Lipinski definition) is 6. The number of piperazine rings is 1. The summed E-state index contributed by atoms with van der Waals surface area (Å²) in [4.78, 5) is 13.6. The summed E-state index contributed by atoms with van der Waals surface area (Å²) in [5.74, 6) is 1.08. The summed E-state index contributed by atoms with van der Waals surface area (Å²) in [7, 11) is 2.18. The van der Waals surface area contributed by atoms with Crippen LogP contribution in [0.5, 0.6) is 0 Å². The summed E-state index contributed by atoms with van der Waals surface area (Å²) in [6.07, 6.45) is 1.16. The van der Waals surface area contributed by atoms with Crippen LogP contribution in [0.15, 0.2) is 22.6 Å². The largest absolute Gasteiger partial charge is 0.450 e. The van der Waals surface area contributed by atoms with E-state index >= 15 is 0 Å². The molecule has 4 heterocycles. The van der Waals surface area contributed by atoms with Crippen LogP contribution < -0.4 is 10.6 Å². The number of nitrogen functional groups attached to an aromatic ring is 1. The number of nitrogens with zero attached hydrogens (tertiary/aromatic N) is 4. The molecule has 0 amide bonds. The average molecular weight is 330 g/mol. The van der Waals surface area contributed by atoms with E-state index in [1.165, 1.54) is 0 Å². The van der Waals surface area contributed by atoms with E-state index in [1.807, 2.05) is 18.2 Å². The fourth-order valence-electron chi connectivity index (χ4n) is 3.94. The Labute approximate surface area is 137 Å². The van der Waals surface area contributed by atoms with Gasteiger partial charge in [-0.2, -0.15) is 4.98 Å². The van der Waals surface area contributed by atoms with Crippen molar-refractivity contribution in [1.82, 2.24) is 14.9 Å². The predicted molar refractivity (Wildman–Crippen MR) is 90.9 cm³/mol. The van der Waals surface area contributed by atoms with Gasteiger partial charge in [-0.05, 0) is 31.7 Å². The minimum Gasteiger partial charge on any atom is -0.450 e.